The van der Waals surface area contributed by atoms with Gasteiger partial charge in [0.15, 0.2) is 0 Å². The number of methoxy groups -OCH3 is 1. The predicted molar refractivity (Wildman–Crippen MR) is 97.6 cm³/mol. The highest BCUT2D eigenvalue weighted by Gasteiger charge is 2.40. The molecule has 0 unspecified atom stereocenters. The molecule has 2 atom stereocenters. The first-order chi connectivity index (χ1) is 12.2. The van der Waals surface area contributed by atoms with E-state index in [9.17, 15) is 4.79 Å². The van der Waals surface area contributed by atoms with E-state index in [1.807, 2.05) is 43.3 Å². The molecule has 1 heterocycles. The monoisotopic (exact) mass is 339 g/mol. The lowest BCUT2D eigenvalue weighted by molar-refractivity contribution is -0.148. The van der Waals surface area contributed by atoms with E-state index in [-0.39, 0.29) is 17.8 Å². The normalized spacial score (nSPS) is 20.4. The third-order valence-electron chi connectivity index (χ3n) is 4.77. The van der Waals surface area contributed by atoms with E-state index in [1.165, 1.54) is 5.56 Å². The van der Waals surface area contributed by atoms with Gasteiger partial charge in [-0.1, -0.05) is 48.5 Å². The van der Waals surface area contributed by atoms with Gasteiger partial charge in [-0.15, -0.1) is 0 Å². The second-order valence-corrected chi connectivity index (χ2v) is 6.39. The van der Waals surface area contributed by atoms with Crippen molar-refractivity contribution >= 4 is 5.97 Å². The topological polar surface area (TPSA) is 38.8 Å². The van der Waals surface area contributed by atoms with Gasteiger partial charge in [0.25, 0.3) is 0 Å². The molecule has 1 fully saturated rings. The van der Waals surface area contributed by atoms with Crippen molar-refractivity contribution < 1.29 is 14.3 Å². The van der Waals surface area contributed by atoms with Crippen molar-refractivity contribution in [3.05, 3.63) is 65.7 Å². The molecule has 3 rings (SSSR count). The predicted octanol–water partition coefficient (Wildman–Crippen LogP) is 3.47. The summed E-state index contributed by atoms with van der Waals surface area (Å²) in [4.78, 5) is 14.9. The molecule has 1 aliphatic rings. The molecular weight excluding hydrogens is 314 g/mol. The first-order valence-electron chi connectivity index (χ1n) is 8.78. The summed E-state index contributed by atoms with van der Waals surface area (Å²) in [5.41, 5.74) is 2.34. The Labute approximate surface area is 149 Å². The van der Waals surface area contributed by atoms with E-state index >= 15 is 0 Å². The third kappa shape index (κ3) is 4.02. The lowest BCUT2D eigenvalue weighted by Crippen LogP contribution is -2.25. The highest BCUT2D eigenvalue weighted by molar-refractivity contribution is 5.75. The Morgan fingerprint density at radius 2 is 1.80 bits per heavy atom. The van der Waals surface area contributed by atoms with Gasteiger partial charge >= 0.3 is 5.97 Å². The van der Waals surface area contributed by atoms with E-state index in [4.69, 9.17) is 9.47 Å². The van der Waals surface area contributed by atoms with Crippen LogP contribution in [0.4, 0.5) is 0 Å². The maximum Gasteiger partial charge on any atom is 0.310 e. The second kappa shape index (κ2) is 8.17. The van der Waals surface area contributed by atoms with Crippen LogP contribution >= 0.6 is 0 Å². The fraction of sp³-hybridized carbons (Fsp3) is 0.381. The average Bonchev–Trinajstić information content (AvgIpc) is 3.06. The third-order valence-corrected chi connectivity index (χ3v) is 4.77. The number of ether oxygens (including phenoxy) is 2. The maximum absolute atomic E-state index is 12.5. The van der Waals surface area contributed by atoms with Crippen LogP contribution in [0.2, 0.25) is 0 Å². The standard InChI is InChI=1S/C21H25NO3/c1-3-25-21(23)19-15-22(13-16-9-5-4-6-10-16)14-18(19)17-11-7-8-12-20(17)24-2/h4-12,18-19H,3,13-15H2,1-2H3/t18-,19+/m0/s1. The van der Waals surface area contributed by atoms with Gasteiger partial charge in [0.2, 0.25) is 0 Å². The smallest absolute Gasteiger partial charge is 0.310 e. The average molecular weight is 339 g/mol. The van der Waals surface area contributed by atoms with Crippen molar-refractivity contribution in [2.75, 3.05) is 26.8 Å². The van der Waals surface area contributed by atoms with Gasteiger partial charge in [0, 0.05) is 25.6 Å². The summed E-state index contributed by atoms with van der Waals surface area (Å²) in [6.07, 6.45) is 0. The molecule has 2 aromatic carbocycles. The van der Waals surface area contributed by atoms with E-state index in [1.54, 1.807) is 7.11 Å². The molecule has 4 heteroatoms. The molecule has 0 bridgehead atoms. The summed E-state index contributed by atoms with van der Waals surface area (Å²) in [5.74, 6) is 0.635. The van der Waals surface area contributed by atoms with E-state index in [2.05, 4.69) is 23.1 Å². The molecule has 2 aromatic rings. The van der Waals surface area contributed by atoms with E-state index in [0.29, 0.717) is 13.2 Å². The molecule has 0 aromatic heterocycles. The Morgan fingerprint density at radius 1 is 1.08 bits per heavy atom. The molecule has 0 amide bonds. The molecule has 4 nitrogen and oxygen atoms in total. The van der Waals surface area contributed by atoms with Crippen LogP contribution in [0.3, 0.4) is 0 Å². The number of hydrogen-bond acceptors (Lipinski definition) is 4. The van der Waals surface area contributed by atoms with Crippen LogP contribution in [0.5, 0.6) is 5.75 Å². The summed E-state index contributed by atoms with van der Waals surface area (Å²) in [6.45, 7) is 4.62. The van der Waals surface area contributed by atoms with Crippen LogP contribution < -0.4 is 4.74 Å². The van der Waals surface area contributed by atoms with E-state index < -0.39 is 0 Å². The number of benzene rings is 2. The molecule has 1 saturated heterocycles. The van der Waals surface area contributed by atoms with Crippen molar-refractivity contribution in [3.63, 3.8) is 0 Å². The van der Waals surface area contributed by atoms with Gasteiger partial charge in [-0.3, -0.25) is 9.69 Å². The lowest BCUT2D eigenvalue weighted by Gasteiger charge is -2.19. The van der Waals surface area contributed by atoms with Crippen molar-refractivity contribution in [3.8, 4) is 5.75 Å². The zero-order chi connectivity index (χ0) is 17.6. The molecule has 0 saturated carbocycles. The fourth-order valence-corrected chi connectivity index (χ4v) is 3.63. The highest BCUT2D eigenvalue weighted by atomic mass is 16.5. The van der Waals surface area contributed by atoms with Gasteiger partial charge in [-0.2, -0.15) is 0 Å². The minimum Gasteiger partial charge on any atom is -0.496 e. The van der Waals surface area contributed by atoms with Gasteiger partial charge < -0.3 is 9.47 Å². The number of nitrogens with zero attached hydrogens (tertiary/aromatic N) is 1. The zero-order valence-corrected chi connectivity index (χ0v) is 14.9. The van der Waals surface area contributed by atoms with Crippen molar-refractivity contribution in [2.24, 2.45) is 5.92 Å². The maximum atomic E-state index is 12.5. The van der Waals surface area contributed by atoms with Crippen LogP contribution in [-0.4, -0.2) is 37.7 Å². The second-order valence-electron chi connectivity index (χ2n) is 6.39. The molecule has 132 valence electrons. The zero-order valence-electron chi connectivity index (χ0n) is 14.9. The molecule has 0 aliphatic carbocycles. The number of carbonyl (C=O) groups is 1. The summed E-state index contributed by atoms with van der Waals surface area (Å²) in [5, 5.41) is 0. The Hall–Kier alpha value is -2.33. The number of esters is 1. The lowest BCUT2D eigenvalue weighted by atomic mass is 9.88. The molecule has 0 N–H and O–H groups in total. The number of likely N-dealkylation sites (tertiary alicyclic amines) is 1. The minimum absolute atomic E-state index is 0.0823. The molecule has 1 aliphatic heterocycles. The Bertz CT molecular complexity index is 701. The van der Waals surface area contributed by atoms with Gasteiger partial charge in [0.1, 0.15) is 5.75 Å². The molecule has 25 heavy (non-hydrogen) atoms. The van der Waals surface area contributed by atoms with Crippen molar-refractivity contribution in [2.45, 2.75) is 19.4 Å². The highest BCUT2D eigenvalue weighted by Crippen LogP contribution is 2.38. The van der Waals surface area contributed by atoms with Crippen molar-refractivity contribution in [1.29, 1.82) is 0 Å². The largest absolute Gasteiger partial charge is 0.496 e. The number of hydrogen-bond donors (Lipinski definition) is 0. The van der Waals surface area contributed by atoms with Crippen LogP contribution in [-0.2, 0) is 16.1 Å². The van der Waals surface area contributed by atoms with Gasteiger partial charge in [-0.05, 0) is 24.1 Å². The SMILES string of the molecule is CCOC(=O)[C@@H]1CN(Cc2ccccc2)C[C@H]1c1ccccc1OC. The summed E-state index contributed by atoms with van der Waals surface area (Å²) in [7, 11) is 1.68. The van der Waals surface area contributed by atoms with Gasteiger partial charge in [-0.25, -0.2) is 0 Å². The van der Waals surface area contributed by atoms with Crippen molar-refractivity contribution in [1.82, 2.24) is 4.90 Å². The number of para-hydroxylation sites is 1. The summed E-state index contributed by atoms with van der Waals surface area (Å²) in [6, 6.07) is 18.3. The summed E-state index contributed by atoms with van der Waals surface area (Å²) >= 11 is 0. The quantitative estimate of drug-likeness (QED) is 0.756. The molecule has 0 radical (unpaired) electrons. The van der Waals surface area contributed by atoms with Crippen LogP contribution in [0, 0.1) is 5.92 Å². The van der Waals surface area contributed by atoms with Crippen LogP contribution in [0.1, 0.15) is 24.0 Å². The first kappa shape index (κ1) is 17.5. The number of carbonyl (C=O) groups excluding carboxylic acids is 1. The van der Waals surface area contributed by atoms with Crippen LogP contribution in [0.25, 0.3) is 0 Å². The Balaban J connectivity index is 1.84. The number of rotatable bonds is 6. The Morgan fingerprint density at radius 3 is 2.52 bits per heavy atom. The minimum atomic E-state index is -0.167. The van der Waals surface area contributed by atoms with Gasteiger partial charge in [0.05, 0.1) is 19.6 Å². The fourth-order valence-electron chi connectivity index (χ4n) is 3.63. The first-order valence-corrected chi connectivity index (χ1v) is 8.78. The summed E-state index contributed by atoms with van der Waals surface area (Å²) < 4.78 is 10.9. The molecular formula is C21H25NO3. The van der Waals surface area contributed by atoms with Crippen LogP contribution in [0.15, 0.2) is 54.6 Å². The molecule has 0 spiro atoms. The Kier molecular flexibility index (Phi) is 5.71. The van der Waals surface area contributed by atoms with E-state index in [0.717, 1.165) is 24.4 Å².